The predicted molar refractivity (Wildman–Crippen MR) is 153 cm³/mol. The van der Waals surface area contributed by atoms with Gasteiger partial charge in [-0.05, 0) is 54.7 Å². The number of aromatic nitrogens is 4. The van der Waals surface area contributed by atoms with Crippen LogP contribution in [-0.2, 0) is 4.79 Å². The van der Waals surface area contributed by atoms with Crippen molar-refractivity contribution in [3.8, 4) is 22.8 Å². The number of anilines is 1. The van der Waals surface area contributed by atoms with E-state index >= 15 is 0 Å². The molecule has 3 heterocycles. The van der Waals surface area contributed by atoms with Gasteiger partial charge < -0.3 is 21.1 Å². The lowest BCUT2D eigenvalue weighted by Gasteiger charge is -2.34. The van der Waals surface area contributed by atoms with E-state index in [-0.39, 0.29) is 23.9 Å². The molecule has 2 aromatic carbocycles. The summed E-state index contributed by atoms with van der Waals surface area (Å²) < 4.78 is 7.86. The average molecular weight is 526 g/mol. The molecule has 1 aliphatic rings. The molecule has 1 amide bonds. The minimum absolute atomic E-state index is 0.0167. The highest BCUT2D eigenvalue weighted by atomic mass is 16.5. The van der Waals surface area contributed by atoms with Gasteiger partial charge in [0.2, 0.25) is 0 Å². The zero-order valence-corrected chi connectivity index (χ0v) is 22.7. The summed E-state index contributed by atoms with van der Waals surface area (Å²) in [5, 5.41) is 5.69. The largest absolute Gasteiger partial charge is 0.457 e. The van der Waals surface area contributed by atoms with Crippen LogP contribution in [0.15, 0.2) is 72.6 Å². The molecule has 0 spiro atoms. The van der Waals surface area contributed by atoms with Gasteiger partial charge in [-0.15, -0.1) is 0 Å². The van der Waals surface area contributed by atoms with Crippen molar-refractivity contribution in [2.24, 2.45) is 11.1 Å². The topological polar surface area (TPSA) is 125 Å². The van der Waals surface area contributed by atoms with Crippen molar-refractivity contribution >= 4 is 22.8 Å². The number of hydrogen-bond acceptors (Lipinski definition) is 7. The first-order valence-electron chi connectivity index (χ1n) is 13.3. The van der Waals surface area contributed by atoms with E-state index < -0.39 is 0 Å². The van der Waals surface area contributed by atoms with Crippen LogP contribution in [0.2, 0.25) is 0 Å². The molecule has 0 unspecified atom stereocenters. The van der Waals surface area contributed by atoms with Crippen LogP contribution in [0.1, 0.15) is 39.7 Å². The number of carbonyl (C=O) groups is 1. The fourth-order valence-corrected chi connectivity index (χ4v) is 5.03. The lowest BCUT2D eigenvalue weighted by molar-refractivity contribution is -0.128. The molecular weight excluding hydrogens is 490 g/mol. The fourth-order valence-electron chi connectivity index (χ4n) is 5.03. The van der Waals surface area contributed by atoms with Crippen LogP contribution in [0.5, 0.6) is 11.5 Å². The first-order chi connectivity index (χ1) is 18.7. The Morgan fingerprint density at radius 2 is 1.79 bits per heavy atom. The summed E-state index contributed by atoms with van der Waals surface area (Å²) in [6.45, 7) is 7.61. The number of rotatable bonds is 6. The third-order valence-electron chi connectivity index (χ3n) is 6.76. The van der Waals surface area contributed by atoms with Crippen LogP contribution in [0, 0.1) is 5.41 Å². The van der Waals surface area contributed by atoms with Gasteiger partial charge in [-0.3, -0.25) is 4.79 Å². The number of ether oxygens (including phenoxy) is 1. The average Bonchev–Trinajstić information content (AvgIpc) is 3.33. The summed E-state index contributed by atoms with van der Waals surface area (Å²) in [7, 11) is 0. The number of hydrogen-bond donors (Lipinski definition) is 2. The Kier molecular flexibility index (Phi) is 7.34. The van der Waals surface area contributed by atoms with Gasteiger partial charge in [-0.1, -0.05) is 45.0 Å². The van der Waals surface area contributed by atoms with Gasteiger partial charge in [0, 0.05) is 30.8 Å². The third-order valence-corrected chi connectivity index (χ3v) is 6.76. The van der Waals surface area contributed by atoms with Crippen LogP contribution >= 0.6 is 0 Å². The number of allylic oxidation sites excluding steroid dienone is 1. The third kappa shape index (κ3) is 5.78. The van der Waals surface area contributed by atoms with E-state index in [1.807, 2.05) is 70.3 Å². The van der Waals surface area contributed by atoms with E-state index in [4.69, 9.17) is 21.3 Å². The van der Waals surface area contributed by atoms with Gasteiger partial charge in [0.25, 0.3) is 5.91 Å². The minimum atomic E-state index is -0.136. The van der Waals surface area contributed by atoms with Crippen LogP contribution in [-0.4, -0.2) is 50.2 Å². The Balaban J connectivity index is 1.45. The summed E-state index contributed by atoms with van der Waals surface area (Å²) in [4.78, 5) is 24.1. The number of para-hydroxylation sites is 1. The van der Waals surface area contributed by atoms with Crippen LogP contribution in [0.3, 0.4) is 0 Å². The molecule has 2 aromatic heterocycles. The molecule has 1 atom stereocenters. The second-order valence-electron chi connectivity index (χ2n) is 11.0. The Bertz CT molecular complexity index is 1490. The number of benzene rings is 2. The molecular formula is C30H35N7O2. The van der Waals surface area contributed by atoms with Crippen molar-refractivity contribution in [3.63, 3.8) is 0 Å². The standard InChI is InChI=1S/C30H35N7O2/c1-30(2,3)16-21(17-31)29(38)36-15-7-8-22(18-36)37-28-25(27(32)33-19-34-28)26(35-37)20-11-13-24(14-12-20)39-23-9-5-4-6-10-23/h4-6,9-14,16,19,22H,7-8,15,17-18,31H2,1-3H3,(H2,32,33,34)/b21-16+/t22-/m1/s1. The van der Waals surface area contributed by atoms with E-state index in [0.29, 0.717) is 41.2 Å². The molecule has 0 saturated carbocycles. The number of nitrogens with two attached hydrogens (primary N) is 2. The van der Waals surface area contributed by atoms with Gasteiger partial charge in [-0.25, -0.2) is 14.6 Å². The van der Waals surface area contributed by atoms with Gasteiger partial charge >= 0.3 is 0 Å². The molecule has 0 aliphatic carbocycles. The molecule has 0 radical (unpaired) electrons. The summed E-state index contributed by atoms with van der Waals surface area (Å²) in [5.41, 5.74) is 15.1. The van der Waals surface area contributed by atoms with Gasteiger partial charge in [0.1, 0.15) is 29.3 Å². The zero-order valence-electron chi connectivity index (χ0n) is 22.7. The molecule has 9 heteroatoms. The van der Waals surface area contributed by atoms with Crippen molar-refractivity contribution in [3.05, 3.63) is 72.6 Å². The lowest BCUT2D eigenvalue weighted by atomic mass is 9.92. The number of fused-ring (bicyclic) bond motifs is 1. The lowest BCUT2D eigenvalue weighted by Crippen LogP contribution is -2.42. The zero-order chi connectivity index (χ0) is 27.6. The smallest absolute Gasteiger partial charge is 0.250 e. The fraction of sp³-hybridized carbons (Fsp3) is 0.333. The van der Waals surface area contributed by atoms with E-state index in [1.54, 1.807) is 0 Å². The number of nitrogens with zero attached hydrogens (tertiary/aromatic N) is 5. The Morgan fingerprint density at radius 1 is 1.08 bits per heavy atom. The van der Waals surface area contributed by atoms with Crippen molar-refractivity contribution in [2.45, 2.75) is 39.7 Å². The van der Waals surface area contributed by atoms with E-state index in [9.17, 15) is 4.79 Å². The Hall–Kier alpha value is -4.24. The number of carbonyl (C=O) groups excluding carboxylic acids is 1. The van der Waals surface area contributed by atoms with Crippen LogP contribution < -0.4 is 16.2 Å². The van der Waals surface area contributed by atoms with E-state index in [0.717, 1.165) is 29.9 Å². The molecule has 9 nitrogen and oxygen atoms in total. The highest BCUT2D eigenvalue weighted by molar-refractivity contribution is 5.98. The molecule has 39 heavy (non-hydrogen) atoms. The first kappa shape index (κ1) is 26.4. The Morgan fingerprint density at radius 3 is 2.49 bits per heavy atom. The predicted octanol–water partition coefficient (Wildman–Crippen LogP) is 4.96. The summed E-state index contributed by atoms with van der Waals surface area (Å²) >= 11 is 0. The van der Waals surface area contributed by atoms with E-state index in [2.05, 4.69) is 30.7 Å². The molecule has 1 fully saturated rings. The minimum Gasteiger partial charge on any atom is -0.457 e. The molecule has 1 aliphatic heterocycles. The maximum atomic E-state index is 13.4. The SMILES string of the molecule is CC(C)(C)/C=C(\CN)C(=O)N1CCC[C@@H](n2nc(-c3ccc(Oc4ccccc4)cc3)c3c(N)ncnc32)C1. The monoisotopic (exact) mass is 525 g/mol. The van der Waals surface area contributed by atoms with Crippen molar-refractivity contribution in [1.82, 2.24) is 24.6 Å². The van der Waals surface area contributed by atoms with Gasteiger partial charge in [0.05, 0.1) is 11.4 Å². The van der Waals surface area contributed by atoms with Crippen molar-refractivity contribution < 1.29 is 9.53 Å². The molecule has 4 aromatic rings. The molecule has 5 rings (SSSR count). The van der Waals surface area contributed by atoms with E-state index in [1.165, 1.54) is 6.33 Å². The summed E-state index contributed by atoms with van der Waals surface area (Å²) in [5.74, 6) is 1.84. The van der Waals surface area contributed by atoms with Gasteiger partial charge in [-0.2, -0.15) is 5.10 Å². The van der Waals surface area contributed by atoms with Crippen molar-refractivity contribution in [1.29, 1.82) is 0 Å². The molecule has 0 bridgehead atoms. The normalized spacial score (nSPS) is 16.5. The quantitative estimate of drug-likeness (QED) is 0.341. The number of piperidine rings is 1. The first-order valence-corrected chi connectivity index (χ1v) is 13.3. The number of likely N-dealkylation sites (tertiary alicyclic amines) is 1. The maximum Gasteiger partial charge on any atom is 0.250 e. The number of amides is 1. The maximum absolute atomic E-state index is 13.4. The second kappa shape index (κ2) is 10.9. The van der Waals surface area contributed by atoms with Crippen LogP contribution in [0.25, 0.3) is 22.3 Å². The highest BCUT2D eigenvalue weighted by Crippen LogP contribution is 2.35. The Labute approximate surface area is 228 Å². The van der Waals surface area contributed by atoms with Gasteiger partial charge in [0.15, 0.2) is 5.65 Å². The molecule has 1 saturated heterocycles. The van der Waals surface area contributed by atoms with Crippen molar-refractivity contribution in [2.75, 3.05) is 25.4 Å². The highest BCUT2D eigenvalue weighted by Gasteiger charge is 2.30. The molecule has 4 N–H and O–H groups in total. The summed E-state index contributed by atoms with van der Waals surface area (Å²) in [6.07, 6.45) is 5.15. The van der Waals surface area contributed by atoms with Crippen LogP contribution in [0.4, 0.5) is 5.82 Å². The summed E-state index contributed by atoms with van der Waals surface area (Å²) in [6, 6.07) is 17.3. The molecule has 202 valence electrons. The second-order valence-corrected chi connectivity index (χ2v) is 11.0. The number of nitrogen functional groups attached to an aromatic ring is 1.